The Labute approximate surface area is 95.3 Å². The van der Waals surface area contributed by atoms with Crippen LogP contribution in [0.25, 0.3) is 0 Å². The van der Waals surface area contributed by atoms with Crippen LogP contribution in [0.15, 0.2) is 24.3 Å². The number of nitro benzene ring substituents is 1. The van der Waals surface area contributed by atoms with Crippen LogP contribution in [0.2, 0.25) is 0 Å². The van der Waals surface area contributed by atoms with E-state index >= 15 is 0 Å². The first-order valence-electron chi connectivity index (χ1n) is 4.68. The summed E-state index contributed by atoms with van der Waals surface area (Å²) in [5, 5.41) is 21.0. The number of tetrazole rings is 1. The molecule has 9 nitrogen and oxygen atoms in total. The Kier molecular flexibility index (Phi) is 2.81. The van der Waals surface area contributed by atoms with Crippen molar-refractivity contribution < 1.29 is 4.92 Å². The first-order chi connectivity index (χ1) is 8.16. The minimum atomic E-state index is -0.450. The Balaban J connectivity index is 2.07. The van der Waals surface area contributed by atoms with Gasteiger partial charge in [0.1, 0.15) is 0 Å². The van der Waals surface area contributed by atoms with Crippen molar-refractivity contribution in [2.75, 3.05) is 11.2 Å². The molecule has 0 unspecified atom stereocenters. The van der Waals surface area contributed by atoms with E-state index in [4.69, 9.17) is 5.73 Å². The number of nitrogens with one attached hydrogen (secondary N) is 1. The van der Waals surface area contributed by atoms with Gasteiger partial charge in [-0.3, -0.25) is 10.1 Å². The maximum Gasteiger partial charge on any atom is 0.269 e. The second kappa shape index (κ2) is 4.43. The summed E-state index contributed by atoms with van der Waals surface area (Å²) in [4.78, 5) is 11.3. The van der Waals surface area contributed by atoms with Gasteiger partial charge in [-0.25, -0.2) is 0 Å². The molecule has 0 saturated carbocycles. The first-order valence-corrected chi connectivity index (χ1v) is 4.68. The lowest BCUT2D eigenvalue weighted by molar-refractivity contribution is -0.384. The summed E-state index contributed by atoms with van der Waals surface area (Å²) in [6.07, 6.45) is 0. The maximum atomic E-state index is 10.6. The van der Waals surface area contributed by atoms with Crippen LogP contribution in [0.4, 0.5) is 11.6 Å². The minimum Gasteiger partial charge on any atom is -0.365 e. The van der Waals surface area contributed by atoms with Gasteiger partial charge in [0, 0.05) is 12.1 Å². The van der Waals surface area contributed by atoms with Gasteiger partial charge in [-0.2, -0.15) is 0 Å². The van der Waals surface area contributed by atoms with Crippen molar-refractivity contribution >= 4 is 11.6 Å². The van der Waals surface area contributed by atoms with E-state index in [1.54, 1.807) is 12.1 Å². The standard InChI is InChI=1S/C8H9N7O2/c9-8-11-12-13-14(8)10-5-6-2-1-3-7(4-6)15(16)17/h1-4,10H,5H2,(H2,9,11,13). The Morgan fingerprint density at radius 1 is 1.53 bits per heavy atom. The molecular weight excluding hydrogens is 226 g/mol. The predicted molar refractivity (Wildman–Crippen MR) is 58.4 cm³/mol. The van der Waals surface area contributed by atoms with E-state index in [1.165, 1.54) is 16.9 Å². The fourth-order valence-electron chi connectivity index (χ4n) is 1.25. The molecule has 0 atom stereocenters. The summed E-state index contributed by atoms with van der Waals surface area (Å²) in [5.41, 5.74) is 9.01. The lowest BCUT2D eigenvalue weighted by Gasteiger charge is -2.05. The van der Waals surface area contributed by atoms with E-state index in [0.717, 1.165) is 5.56 Å². The predicted octanol–water partition coefficient (Wildman–Crippen LogP) is -0.0928. The third kappa shape index (κ3) is 2.45. The van der Waals surface area contributed by atoms with Gasteiger partial charge >= 0.3 is 0 Å². The number of rotatable bonds is 4. The molecule has 0 amide bonds. The number of aromatic nitrogens is 4. The molecule has 0 aliphatic carbocycles. The molecule has 3 N–H and O–H groups in total. The Morgan fingerprint density at radius 3 is 3.00 bits per heavy atom. The highest BCUT2D eigenvalue weighted by Crippen LogP contribution is 2.12. The second-order valence-electron chi connectivity index (χ2n) is 3.21. The fraction of sp³-hybridized carbons (Fsp3) is 0.125. The molecule has 0 radical (unpaired) electrons. The van der Waals surface area contributed by atoms with Crippen LogP contribution in [0.5, 0.6) is 0 Å². The Hall–Kier alpha value is -2.71. The third-order valence-electron chi connectivity index (χ3n) is 2.05. The number of nitrogen functional groups attached to an aromatic ring is 1. The minimum absolute atomic E-state index is 0.0361. The molecule has 0 bridgehead atoms. The van der Waals surface area contributed by atoms with E-state index in [1.807, 2.05) is 0 Å². The molecule has 9 heteroatoms. The van der Waals surface area contributed by atoms with Crippen LogP contribution < -0.4 is 11.2 Å². The summed E-state index contributed by atoms with van der Waals surface area (Å²) in [6, 6.07) is 6.25. The maximum absolute atomic E-state index is 10.6. The van der Waals surface area contributed by atoms with Crippen LogP contribution in [0.1, 0.15) is 5.56 Å². The van der Waals surface area contributed by atoms with Crippen molar-refractivity contribution in [2.24, 2.45) is 0 Å². The van der Waals surface area contributed by atoms with Crippen LogP contribution in [-0.4, -0.2) is 25.2 Å². The number of non-ortho nitro benzene ring substituents is 1. The largest absolute Gasteiger partial charge is 0.365 e. The molecule has 0 aliphatic rings. The molecule has 88 valence electrons. The molecular formula is C8H9N7O2. The van der Waals surface area contributed by atoms with Crippen LogP contribution in [0, 0.1) is 10.1 Å². The third-order valence-corrected chi connectivity index (χ3v) is 2.05. The van der Waals surface area contributed by atoms with Gasteiger partial charge in [0.05, 0.1) is 11.5 Å². The summed E-state index contributed by atoms with van der Waals surface area (Å²) < 4.78 is 0. The molecule has 0 aliphatic heterocycles. The van der Waals surface area contributed by atoms with Crippen molar-refractivity contribution in [1.82, 2.24) is 20.3 Å². The van der Waals surface area contributed by atoms with Gasteiger partial charge in [0.15, 0.2) is 0 Å². The van der Waals surface area contributed by atoms with Crippen LogP contribution >= 0.6 is 0 Å². The number of nitrogens with zero attached hydrogens (tertiary/aromatic N) is 5. The van der Waals surface area contributed by atoms with Crippen molar-refractivity contribution in [3.63, 3.8) is 0 Å². The van der Waals surface area contributed by atoms with E-state index in [2.05, 4.69) is 21.0 Å². The Morgan fingerprint density at radius 2 is 2.35 bits per heavy atom. The Bertz CT molecular complexity index is 538. The smallest absolute Gasteiger partial charge is 0.269 e. The number of hydrogen-bond acceptors (Lipinski definition) is 7. The zero-order valence-electron chi connectivity index (χ0n) is 8.65. The van der Waals surface area contributed by atoms with Gasteiger partial charge in [-0.1, -0.05) is 17.2 Å². The highest BCUT2D eigenvalue weighted by atomic mass is 16.6. The van der Waals surface area contributed by atoms with Gasteiger partial charge in [-0.05, 0) is 16.0 Å². The molecule has 1 heterocycles. The lowest BCUT2D eigenvalue weighted by Crippen LogP contribution is -2.18. The van der Waals surface area contributed by atoms with Crippen molar-refractivity contribution in [3.8, 4) is 0 Å². The van der Waals surface area contributed by atoms with Crippen LogP contribution in [-0.2, 0) is 6.54 Å². The van der Waals surface area contributed by atoms with Gasteiger partial charge in [-0.15, -0.1) is 4.79 Å². The molecule has 1 aromatic heterocycles. The zero-order chi connectivity index (χ0) is 12.3. The molecule has 2 aromatic rings. The molecule has 1 aromatic carbocycles. The molecule has 2 rings (SSSR count). The van der Waals surface area contributed by atoms with Gasteiger partial charge in [0.2, 0.25) is 0 Å². The van der Waals surface area contributed by atoms with E-state index in [9.17, 15) is 10.1 Å². The number of benzene rings is 1. The van der Waals surface area contributed by atoms with E-state index in [0.29, 0.717) is 6.54 Å². The average Bonchev–Trinajstić information content (AvgIpc) is 2.72. The summed E-state index contributed by atoms with van der Waals surface area (Å²) >= 11 is 0. The fourth-order valence-corrected chi connectivity index (χ4v) is 1.25. The number of anilines is 1. The SMILES string of the molecule is Nc1nnnn1NCc1cccc([N+](=O)[O-])c1. The zero-order valence-corrected chi connectivity index (χ0v) is 8.65. The normalized spacial score (nSPS) is 10.1. The van der Waals surface area contributed by atoms with Crippen molar-refractivity contribution in [3.05, 3.63) is 39.9 Å². The van der Waals surface area contributed by atoms with E-state index in [-0.39, 0.29) is 11.6 Å². The van der Waals surface area contributed by atoms with Gasteiger partial charge in [0.25, 0.3) is 11.6 Å². The number of nitrogens with two attached hydrogens (primary N) is 1. The van der Waals surface area contributed by atoms with E-state index < -0.39 is 4.92 Å². The second-order valence-corrected chi connectivity index (χ2v) is 3.21. The molecule has 17 heavy (non-hydrogen) atoms. The quantitative estimate of drug-likeness (QED) is 0.560. The number of nitro groups is 1. The first kappa shape index (κ1) is 10.8. The molecule has 0 spiro atoms. The average molecular weight is 235 g/mol. The summed E-state index contributed by atoms with van der Waals surface area (Å²) in [5.74, 6) is 0.121. The van der Waals surface area contributed by atoms with Crippen molar-refractivity contribution in [1.29, 1.82) is 0 Å². The topological polar surface area (TPSA) is 125 Å². The summed E-state index contributed by atoms with van der Waals surface area (Å²) in [7, 11) is 0. The summed E-state index contributed by atoms with van der Waals surface area (Å²) in [6.45, 7) is 0.330. The van der Waals surface area contributed by atoms with Crippen LogP contribution in [0.3, 0.4) is 0 Å². The lowest BCUT2D eigenvalue weighted by atomic mass is 10.2. The highest BCUT2D eigenvalue weighted by molar-refractivity contribution is 5.34. The molecule has 0 fully saturated rings. The highest BCUT2D eigenvalue weighted by Gasteiger charge is 2.06. The molecule has 0 saturated heterocycles. The number of hydrogen-bond donors (Lipinski definition) is 2. The van der Waals surface area contributed by atoms with Gasteiger partial charge < -0.3 is 11.2 Å². The van der Waals surface area contributed by atoms with Crippen molar-refractivity contribution in [2.45, 2.75) is 6.54 Å². The monoisotopic (exact) mass is 235 g/mol.